The van der Waals surface area contributed by atoms with Crippen LogP contribution in [0.2, 0.25) is 0 Å². The summed E-state index contributed by atoms with van der Waals surface area (Å²) in [4.78, 5) is 22.4. The molecule has 0 aromatic carbocycles. The number of carbonyl (C=O) groups excluding carboxylic acids is 1. The minimum atomic E-state index is -1.16. The van der Waals surface area contributed by atoms with Crippen molar-refractivity contribution >= 4 is 12.0 Å². The van der Waals surface area contributed by atoms with Crippen LogP contribution in [0.25, 0.3) is 0 Å². The van der Waals surface area contributed by atoms with Crippen molar-refractivity contribution in [3.05, 3.63) is 18.5 Å². The van der Waals surface area contributed by atoms with Crippen LogP contribution in [0.15, 0.2) is 18.5 Å². The van der Waals surface area contributed by atoms with Crippen molar-refractivity contribution in [1.82, 2.24) is 20.4 Å². The van der Waals surface area contributed by atoms with E-state index in [9.17, 15) is 9.59 Å². The van der Waals surface area contributed by atoms with E-state index in [0.29, 0.717) is 6.54 Å². The number of aliphatic carboxylic acids is 1. The van der Waals surface area contributed by atoms with E-state index in [2.05, 4.69) is 21.7 Å². The SMILES string of the molecule is C#CCC(NC(=O)NC(C)Cn1cccn1)C(=O)O. The highest BCUT2D eigenvalue weighted by Crippen LogP contribution is 1.93. The maximum absolute atomic E-state index is 11.6. The number of terminal acetylenes is 1. The van der Waals surface area contributed by atoms with Gasteiger partial charge in [0.15, 0.2) is 0 Å². The van der Waals surface area contributed by atoms with E-state index in [1.54, 1.807) is 30.1 Å². The quantitative estimate of drug-likeness (QED) is 0.632. The van der Waals surface area contributed by atoms with Crippen LogP contribution in [0.5, 0.6) is 0 Å². The molecule has 1 heterocycles. The largest absolute Gasteiger partial charge is 0.480 e. The number of rotatable bonds is 6. The second-order valence-electron chi connectivity index (χ2n) is 4.05. The number of urea groups is 1. The van der Waals surface area contributed by atoms with Crippen LogP contribution >= 0.6 is 0 Å². The Hall–Kier alpha value is -2.49. The number of hydrogen-bond acceptors (Lipinski definition) is 3. The molecule has 0 aliphatic carbocycles. The molecule has 102 valence electrons. The van der Waals surface area contributed by atoms with Crippen molar-refractivity contribution in [2.45, 2.75) is 32.0 Å². The zero-order valence-electron chi connectivity index (χ0n) is 10.5. The van der Waals surface area contributed by atoms with Gasteiger partial charge in [0.1, 0.15) is 6.04 Å². The molecule has 7 nitrogen and oxygen atoms in total. The van der Waals surface area contributed by atoms with Gasteiger partial charge in [-0.2, -0.15) is 5.10 Å². The summed E-state index contributed by atoms with van der Waals surface area (Å²) in [7, 11) is 0. The predicted octanol–water partition coefficient (Wildman–Crippen LogP) is 0.0473. The van der Waals surface area contributed by atoms with Gasteiger partial charge in [-0.3, -0.25) is 4.68 Å². The van der Waals surface area contributed by atoms with Crippen LogP contribution in [0, 0.1) is 12.3 Å². The molecule has 0 bridgehead atoms. The zero-order chi connectivity index (χ0) is 14.3. The molecule has 0 aliphatic heterocycles. The molecule has 2 amide bonds. The second kappa shape index (κ2) is 7.06. The molecular formula is C12H16N4O3. The monoisotopic (exact) mass is 264 g/mol. The first-order valence-corrected chi connectivity index (χ1v) is 5.73. The molecule has 1 aromatic heterocycles. The van der Waals surface area contributed by atoms with Crippen LogP contribution in [0.3, 0.4) is 0 Å². The van der Waals surface area contributed by atoms with Gasteiger partial charge in [0, 0.05) is 24.9 Å². The average molecular weight is 264 g/mol. The second-order valence-corrected chi connectivity index (χ2v) is 4.05. The van der Waals surface area contributed by atoms with Crippen LogP contribution in [0.1, 0.15) is 13.3 Å². The van der Waals surface area contributed by atoms with Gasteiger partial charge < -0.3 is 15.7 Å². The molecule has 1 aromatic rings. The first-order chi connectivity index (χ1) is 9.02. The van der Waals surface area contributed by atoms with Gasteiger partial charge in [0.05, 0.1) is 6.54 Å². The molecule has 0 aliphatic rings. The van der Waals surface area contributed by atoms with Gasteiger partial charge in [-0.1, -0.05) is 0 Å². The predicted molar refractivity (Wildman–Crippen MR) is 68.2 cm³/mol. The third-order valence-corrected chi connectivity index (χ3v) is 2.32. The van der Waals surface area contributed by atoms with Crippen LogP contribution in [-0.4, -0.2) is 39.0 Å². The maximum atomic E-state index is 11.6. The Morgan fingerprint density at radius 2 is 2.26 bits per heavy atom. The van der Waals surface area contributed by atoms with Crippen LogP contribution in [-0.2, 0) is 11.3 Å². The molecule has 2 unspecified atom stereocenters. The van der Waals surface area contributed by atoms with Gasteiger partial charge in [-0.05, 0) is 13.0 Å². The van der Waals surface area contributed by atoms with Gasteiger partial charge in [0.2, 0.25) is 0 Å². The minimum Gasteiger partial charge on any atom is -0.480 e. The Labute approximate surface area is 111 Å². The number of amides is 2. The fourth-order valence-corrected chi connectivity index (χ4v) is 1.48. The lowest BCUT2D eigenvalue weighted by Crippen LogP contribution is -2.49. The lowest BCUT2D eigenvalue weighted by molar-refractivity contribution is -0.139. The van der Waals surface area contributed by atoms with Crippen LogP contribution in [0.4, 0.5) is 4.79 Å². The van der Waals surface area contributed by atoms with E-state index in [1.165, 1.54) is 0 Å². The number of nitrogens with one attached hydrogen (secondary N) is 2. The molecule has 1 rings (SSSR count). The number of aromatic nitrogens is 2. The standard InChI is InChI=1S/C12H16N4O3/c1-3-5-10(11(17)18)15-12(19)14-9(2)8-16-7-4-6-13-16/h1,4,6-7,9-10H,5,8H2,2H3,(H,17,18)(H2,14,15,19). The van der Waals surface area contributed by atoms with Crippen molar-refractivity contribution in [3.63, 3.8) is 0 Å². The van der Waals surface area contributed by atoms with Gasteiger partial charge in [0.25, 0.3) is 0 Å². The van der Waals surface area contributed by atoms with E-state index < -0.39 is 18.0 Å². The number of hydrogen-bond donors (Lipinski definition) is 3. The van der Waals surface area contributed by atoms with Gasteiger partial charge >= 0.3 is 12.0 Å². The molecule has 0 spiro atoms. The van der Waals surface area contributed by atoms with Crippen molar-refractivity contribution in [3.8, 4) is 12.3 Å². The molecule has 0 saturated carbocycles. The first kappa shape index (κ1) is 14.6. The summed E-state index contributed by atoms with van der Waals surface area (Å²) >= 11 is 0. The van der Waals surface area contributed by atoms with Crippen molar-refractivity contribution < 1.29 is 14.7 Å². The Morgan fingerprint density at radius 1 is 1.53 bits per heavy atom. The molecule has 2 atom stereocenters. The van der Waals surface area contributed by atoms with Crippen molar-refractivity contribution in [1.29, 1.82) is 0 Å². The fraction of sp³-hybridized carbons (Fsp3) is 0.417. The number of carboxylic acids is 1. The van der Waals surface area contributed by atoms with E-state index in [4.69, 9.17) is 11.5 Å². The van der Waals surface area contributed by atoms with Crippen molar-refractivity contribution in [2.24, 2.45) is 0 Å². The van der Waals surface area contributed by atoms with Gasteiger partial charge in [-0.25, -0.2) is 9.59 Å². The molecule has 7 heteroatoms. The summed E-state index contributed by atoms with van der Waals surface area (Å²) in [6, 6.07) is -0.0652. The Kier molecular flexibility index (Phi) is 5.41. The summed E-state index contributed by atoms with van der Waals surface area (Å²) in [6.07, 6.45) is 8.39. The lowest BCUT2D eigenvalue weighted by atomic mass is 10.2. The molecule has 19 heavy (non-hydrogen) atoms. The summed E-state index contributed by atoms with van der Waals surface area (Å²) in [5.41, 5.74) is 0. The van der Waals surface area contributed by atoms with E-state index in [0.717, 1.165) is 0 Å². The Morgan fingerprint density at radius 3 is 2.79 bits per heavy atom. The van der Waals surface area contributed by atoms with E-state index in [-0.39, 0.29) is 12.5 Å². The third-order valence-electron chi connectivity index (χ3n) is 2.32. The smallest absolute Gasteiger partial charge is 0.327 e. The Bertz CT molecular complexity index is 464. The number of carboxylic acid groups (broad SMARTS) is 1. The minimum absolute atomic E-state index is 0.0592. The summed E-state index contributed by atoms with van der Waals surface area (Å²) in [5, 5.41) is 17.8. The molecule has 3 N–H and O–H groups in total. The summed E-state index contributed by atoms with van der Waals surface area (Å²) < 4.78 is 1.67. The maximum Gasteiger partial charge on any atom is 0.327 e. The number of nitrogens with zero attached hydrogens (tertiary/aromatic N) is 2. The third kappa shape index (κ3) is 5.12. The average Bonchev–Trinajstić information content (AvgIpc) is 2.80. The zero-order valence-corrected chi connectivity index (χ0v) is 10.5. The summed E-state index contributed by atoms with van der Waals surface area (Å²) in [5.74, 6) is 1.05. The van der Waals surface area contributed by atoms with Gasteiger partial charge in [-0.15, -0.1) is 12.3 Å². The topological polar surface area (TPSA) is 96.3 Å². The lowest BCUT2D eigenvalue weighted by Gasteiger charge is -2.17. The molecule has 0 fully saturated rings. The Balaban J connectivity index is 2.41. The summed E-state index contributed by atoms with van der Waals surface area (Å²) in [6.45, 7) is 2.28. The van der Waals surface area contributed by atoms with Crippen molar-refractivity contribution in [2.75, 3.05) is 0 Å². The highest BCUT2D eigenvalue weighted by Gasteiger charge is 2.19. The normalized spacial score (nSPS) is 13.1. The van der Waals surface area contributed by atoms with E-state index >= 15 is 0 Å². The number of carbonyl (C=O) groups is 2. The molecule has 0 radical (unpaired) electrons. The molecule has 0 saturated heterocycles. The van der Waals surface area contributed by atoms with E-state index in [1.807, 2.05) is 0 Å². The fourth-order valence-electron chi connectivity index (χ4n) is 1.48. The highest BCUT2D eigenvalue weighted by atomic mass is 16.4. The van der Waals surface area contributed by atoms with Crippen LogP contribution < -0.4 is 10.6 Å². The highest BCUT2D eigenvalue weighted by molar-refractivity contribution is 5.82. The molecular weight excluding hydrogens is 248 g/mol. The first-order valence-electron chi connectivity index (χ1n) is 5.73.